The van der Waals surface area contributed by atoms with Gasteiger partial charge in [0, 0.05) is 39.3 Å². The third kappa shape index (κ3) is 4.79. The average molecular weight is 550 g/mol. The number of likely N-dealkylation sites (tertiary alicyclic amines) is 1. The Morgan fingerprint density at radius 2 is 1.57 bits per heavy atom. The first-order valence-electron chi connectivity index (χ1n) is 15.0. The quantitative estimate of drug-likeness (QED) is 0.338. The Kier molecular flexibility index (Phi) is 8.47. The van der Waals surface area contributed by atoms with E-state index < -0.39 is 29.1 Å². The first-order valence-corrected chi connectivity index (χ1v) is 15.0. The number of carbonyl (C=O) groups excluding carboxylic acids is 3. The van der Waals surface area contributed by atoms with Crippen LogP contribution in [0.4, 0.5) is 0 Å². The molecule has 2 saturated heterocycles. The first-order chi connectivity index (χ1) is 19.4. The Hall–Kier alpha value is -2.97. The highest BCUT2D eigenvalue weighted by Crippen LogP contribution is 2.58. The summed E-state index contributed by atoms with van der Waals surface area (Å²) in [5, 5.41) is 9.42. The van der Waals surface area contributed by atoms with Gasteiger partial charge in [0.1, 0.15) is 11.6 Å². The molecule has 0 bridgehead atoms. The van der Waals surface area contributed by atoms with Gasteiger partial charge in [-0.3, -0.25) is 14.4 Å². The van der Waals surface area contributed by atoms with Crippen molar-refractivity contribution in [3.8, 4) is 0 Å². The fraction of sp³-hybridized carbons (Fsp3) is 0.594. The van der Waals surface area contributed by atoms with Gasteiger partial charge in [-0.1, -0.05) is 81.3 Å². The summed E-state index contributed by atoms with van der Waals surface area (Å²) >= 11 is 0. The molecule has 0 saturated carbocycles. The zero-order chi connectivity index (χ0) is 28.3. The minimum Gasteiger partial charge on any atom is -0.396 e. The van der Waals surface area contributed by atoms with Gasteiger partial charge in [-0.15, -0.1) is 0 Å². The molecule has 1 aromatic rings. The van der Waals surface area contributed by atoms with Crippen molar-refractivity contribution < 1.29 is 24.2 Å². The van der Waals surface area contributed by atoms with Crippen molar-refractivity contribution in [1.29, 1.82) is 0 Å². The monoisotopic (exact) mass is 549 g/mol. The highest BCUT2D eigenvalue weighted by Gasteiger charge is 2.75. The number of fused-ring (bicyclic) bond motifs is 2. The summed E-state index contributed by atoms with van der Waals surface area (Å²) in [5.41, 5.74) is -1.17. The van der Waals surface area contributed by atoms with E-state index >= 15 is 0 Å². The SMILES string of the molecule is CCCCCN1CC=C[C@]23O[C@@]4(CC)C=CCN(Cc5ccccc5)C(=O)[C@H]4[C@H]2C(=O)N(CCCCO)C3C1=O. The lowest BCUT2D eigenvalue weighted by atomic mass is 9.73. The van der Waals surface area contributed by atoms with Crippen molar-refractivity contribution in [3.63, 3.8) is 0 Å². The third-order valence-corrected chi connectivity index (χ3v) is 9.16. The molecule has 4 aliphatic rings. The summed E-state index contributed by atoms with van der Waals surface area (Å²) in [6, 6.07) is 9.04. The lowest BCUT2D eigenvalue weighted by molar-refractivity contribution is -0.154. The molecular formula is C32H43N3O5. The number of aliphatic hydroxyl groups is 1. The van der Waals surface area contributed by atoms with Crippen LogP contribution in [0.2, 0.25) is 0 Å². The van der Waals surface area contributed by atoms with Crippen molar-refractivity contribution in [1.82, 2.24) is 14.7 Å². The topological polar surface area (TPSA) is 90.4 Å². The summed E-state index contributed by atoms with van der Waals surface area (Å²) in [7, 11) is 0. The minimum absolute atomic E-state index is 0.0219. The van der Waals surface area contributed by atoms with Gasteiger partial charge in [0.15, 0.2) is 0 Å². The fourth-order valence-electron chi connectivity index (χ4n) is 7.19. The predicted octanol–water partition coefficient (Wildman–Crippen LogP) is 3.31. The van der Waals surface area contributed by atoms with Crippen molar-refractivity contribution in [2.75, 3.05) is 32.8 Å². The maximum atomic E-state index is 14.4. The summed E-state index contributed by atoms with van der Waals surface area (Å²) < 4.78 is 7.02. The third-order valence-electron chi connectivity index (χ3n) is 9.16. The molecule has 0 radical (unpaired) electrons. The maximum absolute atomic E-state index is 14.4. The van der Waals surface area contributed by atoms with Crippen LogP contribution in [0.3, 0.4) is 0 Å². The number of ether oxygens (including phenoxy) is 1. The molecule has 4 heterocycles. The Morgan fingerprint density at radius 3 is 2.30 bits per heavy atom. The van der Waals surface area contributed by atoms with Gasteiger partial charge in [0.25, 0.3) is 0 Å². The van der Waals surface area contributed by atoms with Crippen molar-refractivity contribution in [3.05, 3.63) is 60.2 Å². The molecule has 8 heteroatoms. The molecule has 216 valence electrons. The Balaban J connectivity index is 1.55. The molecule has 4 aliphatic heterocycles. The highest BCUT2D eigenvalue weighted by atomic mass is 16.5. The smallest absolute Gasteiger partial charge is 0.249 e. The van der Waals surface area contributed by atoms with Gasteiger partial charge in [0.2, 0.25) is 17.7 Å². The summed E-state index contributed by atoms with van der Waals surface area (Å²) in [5.74, 6) is -1.94. The highest BCUT2D eigenvalue weighted by molar-refractivity contribution is 6.00. The molecule has 3 amide bonds. The summed E-state index contributed by atoms with van der Waals surface area (Å²) in [6.45, 7) is 6.46. The number of hydrogen-bond acceptors (Lipinski definition) is 5. The molecule has 1 aromatic carbocycles. The molecule has 1 spiro atoms. The number of hydrogen-bond donors (Lipinski definition) is 1. The molecular weight excluding hydrogens is 506 g/mol. The van der Waals surface area contributed by atoms with Crippen LogP contribution in [0.1, 0.15) is 57.9 Å². The first kappa shape index (κ1) is 28.6. The van der Waals surface area contributed by atoms with Crippen LogP contribution in [0.25, 0.3) is 0 Å². The van der Waals surface area contributed by atoms with Gasteiger partial charge in [0.05, 0.1) is 17.4 Å². The standard InChI is InChI=1S/C32H43N3O5/c1-3-5-9-18-33-19-13-17-32-26(29(38)35(21-10-11-22-36)27(32)30(33)39)25-28(37)34(23-24-14-7-6-8-15-24)20-12-16-31(25,4-2)40-32/h6-8,12-17,25-27,36H,3-5,9-11,18-23H2,1-2H3/t25-,26+,27?,31+,32+/m1/s1. The number of nitrogens with zero attached hydrogens (tertiary/aromatic N) is 3. The maximum Gasteiger partial charge on any atom is 0.249 e. The summed E-state index contributed by atoms with van der Waals surface area (Å²) in [6.07, 6.45) is 12.5. The van der Waals surface area contributed by atoms with E-state index in [1.807, 2.05) is 71.4 Å². The van der Waals surface area contributed by atoms with E-state index in [0.717, 1.165) is 24.8 Å². The number of amides is 3. The van der Waals surface area contributed by atoms with E-state index in [1.54, 1.807) is 4.90 Å². The van der Waals surface area contributed by atoms with Crippen LogP contribution in [-0.2, 0) is 25.7 Å². The van der Waals surface area contributed by atoms with Crippen molar-refractivity contribution in [2.45, 2.75) is 76.2 Å². The number of rotatable bonds is 11. The second kappa shape index (κ2) is 11.9. The van der Waals surface area contributed by atoms with E-state index in [4.69, 9.17) is 4.74 Å². The van der Waals surface area contributed by atoms with Crippen LogP contribution >= 0.6 is 0 Å². The zero-order valence-corrected chi connectivity index (χ0v) is 23.8. The van der Waals surface area contributed by atoms with E-state index in [9.17, 15) is 19.5 Å². The number of unbranched alkanes of at least 4 members (excludes halogenated alkanes) is 3. The van der Waals surface area contributed by atoms with Gasteiger partial charge >= 0.3 is 0 Å². The molecule has 1 N–H and O–H groups in total. The van der Waals surface area contributed by atoms with Crippen LogP contribution in [-0.4, -0.2) is 87.6 Å². The van der Waals surface area contributed by atoms with Gasteiger partial charge in [-0.25, -0.2) is 0 Å². The molecule has 0 aliphatic carbocycles. The van der Waals surface area contributed by atoms with Crippen LogP contribution in [0.5, 0.6) is 0 Å². The van der Waals surface area contributed by atoms with Crippen molar-refractivity contribution >= 4 is 17.7 Å². The second-order valence-electron chi connectivity index (χ2n) is 11.6. The average Bonchev–Trinajstić information content (AvgIpc) is 3.25. The predicted molar refractivity (Wildman–Crippen MR) is 152 cm³/mol. The fourth-order valence-corrected chi connectivity index (χ4v) is 7.19. The number of carbonyl (C=O) groups is 3. The molecule has 5 rings (SSSR count). The van der Waals surface area contributed by atoms with Gasteiger partial charge < -0.3 is 24.5 Å². The van der Waals surface area contributed by atoms with Crippen LogP contribution in [0, 0.1) is 11.8 Å². The lowest BCUT2D eigenvalue weighted by Gasteiger charge is -2.38. The molecule has 2 fully saturated rings. The molecule has 1 unspecified atom stereocenters. The van der Waals surface area contributed by atoms with Gasteiger partial charge in [-0.05, 0) is 31.2 Å². The largest absolute Gasteiger partial charge is 0.396 e. The van der Waals surface area contributed by atoms with Crippen LogP contribution < -0.4 is 0 Å². The minimum atomic E-state index is -1.22. The van der Waals surface area contributed by atoms with E-state index in [1.165, 1.54) is 0 Å². The van der Waals surface area contributed by atoms with Crippen molar-refractivity contribution in [2.24, 2.45) is 11.8 Å². The second-order valence-corrected chi connectivity index (χ2v) is 11.6. The summed E-state index contributed by atoms with van der Waals surface area (Å²) in [4.78, 5) is 48.4. The molecule has 40 heavy (non-hydrogen) atoms. The van der Waals surface area contributed by atoms with Gasteiger partial charge in [-0.2, -0.15) is 0 Å². The molecule has 0 aromatic heterocycles. The normalized spacial score (nSPS) is 31.3. The van der Waals surface area contributed by atoms with E-state index in [0.29, 0.717) is 52.0 Å². The van der Waals surface area contributed by atoms with E-state index in [2.05, 4.69) is 6.92 Å². The Morgan fingerprint density at radius 1 is 0.850 bits per heavy atom. The number of aliphatic hydroxyl groups excluding tert-OH is 1. The number of benzene rings is 1. The van der Waals surface area contributed by atoms with E-state index in [-0.39, 0.29) is 24.3 Å². The lowest BCUT2D eigenvalue weighted by Crippen LogP contribution is -2.56. The Bertz CT molecular complexity index is 1150. The zero-order valence-electron chi connectivity index (χ0n) is 23.8. The molecule has 8 nitrogen and oxygen atoms in total. The Labute approximate surface area is 237 Å². The van der Waals surface area contributed by atoms with Crippen LogP contribution in [0.15, 0.2) is 54.6 Å². The molecule has 5 atom stereocenters.